The number of benzene rings is 2. The number of pyridine rings is 1. The van der Waals surface area contributed by atoms with E-state index in [9.17, 15) is 40.7 Å². The average Bonchev–Trinajstić information content (AvgIpc) is 3.19. The molecule has 1 heterocycles. The number of carbonyl (C=O) groups excluding carboxylic acids is 3. The van der Waals surface area contributed by atoms with Crippen LogP contribution in [0.25, 0.3) is 11.4 Å². The highest BCUT2D eigenvalue weighted by Gasteiger charge is 2.35. The molecule has 0 radical (unpaired) electrons. The van der Waals surface area contributed by atoms with Crippen LogP contribution in [-0.4, -0.2) is 94.6 Å². The Labute approximate surface area is 327 Å². The van der Waals surface area contributed by atoms with Crippen molar-refractivity contribution in [2.75, 3.05) is 76.0 Å². The van der Waals surface area contributed by atoms with E-state index in [1.165, 1.54) is 12.1 Å². The normalized spacial score (nSPS) is 12.4. The molecule has 22 heteroatoms. The number of halogens is 6. The maximum absolute atomic E-state index is 13.6. The number of aldehydes is 2. The fourth-order valence-corrected chi connectivity index (χ4v) is 4.81. The van der Waals surface area contributed by atoms with Crippen molar-refractivity contribution >= 4 is 41.2 Å². The van der Waals surface area contributed by atoms with E-state index in [0.29, 0.717) is 38.6 Å². The number of hydrogen-bond acceptors (Lipinski definition) is 15. The van der Waals surface area contributed by atoms with Gasteiger partial charge >= 0.3 is 12.4 Å². The van der Waals surface area contributed by atoms with E-state index >= 15 is 0 Å². The van der Waals surface area contributed by atoms with Crippen LogP contribution >= 0.6 is 0 Å². The van der Waals surface area contributed by atoms with Crippen molar-refractivity contribution in [2.45, 2.75) is 12.4 Å². The lowest BCUT2D eigenvalue weighted by Gasteiger charge is -2.19. The second-order valence-electron chi connectivity index (χ2n) is 11.8. The number of anilines is 2. The highest BCUT2D eigenvalue weighted by Crippen LogP contribution is 2.35. The topological polar surface area (TPSA) is 244 Å². The lowest BCUT2D eigenvalue weighted by Crippen LogP contribution is -2.29. The summed E-state index contributed by atoms with van der Waals surface area (Å²) in [6.45, 7) is 1.97. The maximum Gasteiger partial charge on any atom is 0.417 e. The quantitative estimate of drug-likeness (QED) is 0.0265. The number of hydrazine groups is 2. The Kier molecular flexibility index (Phi) is 18.0. The molecule has 0 bridgehead atoms. The van der Waals surface area contributed by atoms with Crippen molar-refractivity contribution in [1.82, 2.24) is 10.3 Å². The SMILES string of the molecule is N/C(=C\N(N)c1ccc(C=O)c(C(F)(F)F)c1)c1cc(C(=O)NCCOCCOCCOCCOCCO)cc(/C(N)=C/N(N)c2ccc(C=O)c(C(F)(F)F)c2)n1. The molecule has 10 N–H and O–H groups in total. The van der Waals surface area contributed by atoms with Crippen LogP contribution in [0.4, 0.5) is 37.7 Å². The molecular weight excluding hydrogens is 786 g/mol. The molecule has 16 nitrogen and oxygen atoms in total. The Bertz CT molecular complexity index is 1800. The largest absolute Gasteiger partial charge is 0.417 e. The Morgan fingerprint density at radius 1 is 0.672 bits per heavy atom. The molecule has 0 fully saturated rings. The number of nitrogens with zero attached hydrogens (tertiary/aromatic N) is 3. The van der Waals surface area contributed by atoms with E-state index < -0.39 is 40.5 Å². The van der Waals surface area contributed by atoms with Gasteiger partial charge in [0.1, 0.15) is 0 Å². The van der Waals surface area contributed by atoms with Crippen molar-refractivity contribution in [1.29, 1.82) is 0 Å². The van der Waals surface area contributed by atoms with E-state index in [4.69, 9.17) is 47.2 Å². The van der Waals surface area contributed by atoms with Gasteiger partial charge in [-0.15, -0.1) is 0 Å². The van der Waals surface area contributed by atoms with Gasteiger partial charge in [-0.05, 0) is 48.5 Å². The Morgan fingerprint density at radius 3 is 1.45 bits per heavy atom. The van der Waals surface area contributed by atoms with Crippen LogP contribution in [0, 0.1) is 0 Å². The average molecular weight is 829 g/mol. The summed E-state index contributed by atoms with van der Waals surface area (Å²) in [5, 5.41) is 12.7. The van der Waals surface area contributed by atoms with Crippen LogP contribution in [0.15, 0.2) is 60.9 Å². The lowest BCUT2D eigenvalue weighted by atomic mass is 10.1. The summed E-state index contributed by atoms with van der Waals surface area (Å²) in [6.07, 6.45) is -7.73. The van der Waals surface area contributed by atoms with Crippen LogP contribution in [0.1, 0.15) is 53.6 Å². The first-order valence-electron chi connectivity index (χ1n) is 17.1. The van der Waals surface area contributed by atoms with Crippen molar-refractivity contribution in [2.24, 2.45) is 23.2 Å². The molecular formula is C36H42F6N8O8. The predicted octanol–water partition coefficient (Wildman–Crippen LogP) is 2.81. The molecule has 0 saturated heterocycles. The number of amides is 1. The number of hydrogen-bond donors (Lipinski definition) is 6. The minimum absolute atomic E-state index is 0.0171. The standard InChI is InChI=1S/C36H42F6N8O8/c37-35(38,39)28-17-26(3-1-23(28)21-52)49(45)19-30(43)32-15-25(34(54)47-5-7-55-9-11-57-13-14-58-12-10-56-8-6-51)16-33(48-32)31(44)20-50(46)27-4-2-24(22-53)29(18-27)36(40,41)42/h1-4,15-22,51H,5-14,43-46H2,(H,47,54)/b30-19-,31-20-. The molecule has 1 amide bonds. The van der Waals surface area contributed by atoms with E-state index in [2.05, 4.69) is 10.3 Å². The van der Waals surface area contributed by atoms with Gasteiger partial charge in [0.25, 0.3) is 5.91 Å². The summed E-state index contributed by atoms with van der Waals surface area (Å²) in [7, 11) is 0. The van der Waals surface area contributed by atoms with Crippen LogP contribution < -0.4 is 38.5 Å². The van der Waals surface area contributed by atoms with Gasteiger partial charge in [0, 0.05) is 35.6 Å². The highest BCUT2D eigenvalue weighted by atomic mass is 19.4. The molecule has 0 aliphatic heterocycles. The molecule has 0 atom stereocenters. The molecule has 0 saturated carbocycles. The first-order chi connectivity index (χ1) is 27.5. The predicted molar refractivity (Wildman–Crippen MR) is 198 cm³/mol. The monoisotopic (exact) mass is 828 g/mol. The fourth-order valence-electron chi connectivity index (χ4n) is 4.81. The minimum atomic E-state index is -4.89. The fraction of sp³-hybridized carbons (Fsp3) is 0.333. The third-order valence-corrected chi connectivity index (χ3v) is 7.65. The number of carbonyl (C=O) groups is 3. The van der Waals surface area contributed by atoms with Crippen molar-refractivity contribution in [3.05, 3.63) is 100 Å². The smallest absolute Gasteiger partial charge is 0.396 e. The molecule has 3 aromatic rings. The molecule has 2 aromatic carbocycles. The van der Waals surface area contributed by atoms with Crippen LogP contribution in [0.2, 0.25) is 0 Å². The number of ether oxygens (including phenoxy) is 4. The van der Waals surface area contributed by atoms with Gasteiger partial charge in [-0.25, -0.2) is 16.7 Å². The van der Waals surface area contributed by atoms with Gasteiger partial charge in [0.05, 0.1) is 105 Å². The van der Waals surface area contributed by atoms with Crippen molar-refractivity contribution in [3.63, 3.8) is 0 Å². The maximum atomic E-state index is 13.6. The van der Waals surface area contributed by atoms with Crippen LogP contribution in [0.5, 0.6) is 0 Å². The Hall–Kier alpha value is -5.62. The number of aliphatic hydroxyl groups excluding tert-OH is 1. The summed E-state index contributed by atoms with van der Waals surface area (Å²) in [5.74, 6) is 11.3. The molecule has 316 valence electrons. The molecule has 3 rings (SSSR count). The van der Waals surface area contributed by atoms with E-state index in [1.54, 1.807) is 0 Å². The van der Waals surface area contributed by atoms with Gasteiger partial charge in [0.15, 0.2) is 12.6 Å². The van der Waals surface area contributed by atoms with Crippen LogP contribution in [0.3, 0.4) is 0 Å². The Balaban J connectivity index is 1.81. The second kappa shape index (κ2) is 22.4. The zero-order valence-corrected chi connectivity index (χ0v) is 30.7. The van der Waals surface area contributed by atoms with Gasteiger partial charge in [-0.2, -0.15) is 26.3 Å². The lowest BCUT2D eigenvalue weighted by molar-refractivity contribution is -0.138. The minimum Gasteiger partial charge on any atom is -0.396 e. The molecule has 0 aliphatic rings. The third-order valence-electron chi connectivity index (χ3n) is 7.65. The van der Waals surface area contributed by atoms with Gasteiger partial charge in [-0.1, -0.05) is 0 Å². The molecule has 58 heavy (non-hydrogen) atoms. The number of alkyl halides is 6. The van der Waals surface area contributed by atoms with E-state index in [1.807, 2.05) is 0 Å². The zero-order valence-electron chi connectivity index (χ0n) is 30.7. The summed E-state index contributed by atoms with van der Waals surface area (Å²) >= 11 is 0. The molecule has 0 unspecified atom stereocenters. The number of rotatable bonds is 23. The highest BCUT2D eigenvalue weighted by molar-refractivity contribution is 5.95. The zero-order chi connectivity index (χ0) is 42.9. The first-order valence-corrected chi connectivity index (χ1v) is 17.1. The summed E-state index contributed by atoms with van der Waals surface area (Å²) in [6, 6.07) is 7.78. The number of nitrogens with one attached hydrogen (secondary N) is 1. The Morgan fingerprint density at radius 2 is 1.07 bits per heavy atom. The van der Waals surface area contributed by atoms with E-state index in [0.717, 1.165) is 46.7 Å². The number of aromatic nitrogens is 1. The summed E-state index contributed by atoms with van der Waals surface area (Å²) in [5.41, 5.74) is 7.27. The van der Waals surface area contributed by atoms with Crippen molar-refractivity contribution in [3.8, 4) is 0 Å². The second-order valence-corrected chi connectivity index (χ2v) is 11.8. The first kappa shape index (κ1) is 46.8. The molecule has 0 spiro atoms. The summed E-state index contributed by atoms with van der Waals surface area (Å²) < 4.78 is 103. The summed E-state index contributed by atoms with van der Waals surface area (Å²) in [4.78, 5) is 40.0. The molecule has 1 aromatic heterocycles. The van der Waals surface area contributed by atoms with Crippen LogP contribution in [-0.2, 0) is 31.3 Å². The number of nitrogens with two attached hydrogens (primary N) is 4. The van der Waals surface area contributed by atoms with Gasteiger partial charge in [-0.3, -0.25) is 24.4 Å². The van der Waals surface area contributed by atoms with Crippen molar-refractivity contribution < 1.29 is 64.8 Å². The van der Waals surface area contributed by atoms with Gasteiger partial charge in [0.2, 0.25) is 0 Å². The molecule has 0 aliphatic carbocycles. The van der Waals surface area contributed by atoms with Gasteiger partial charge < -0.3 is 40.8 Å². The third kappa shape index (κ3) is 14.4. The number of aliphatic hydroxyl groups is 1. The van der Waals surface area contributed by atoms with E-state index in [-0.39, 0.29) is 91.9 Å².